The van der Waals surface area contributed by atoms with E-state index in [2.05, 4.69) is 4.90 Å². The summed E-state index contributed by atoms with van der Waals surface area (Å²) in [6.07, 6.45) is 2.44. The van der Waals surface area contributed by atoms with Crippen molar-refractivity contribution in [3.05, 3.63) is 59.4 Å². The molecule has 0 radical (unpaired) electrons. The number of aromatic hydroxyl groups is 1. The Kier molecular flexibility index (Phi) is 4.38. The third-order valence-corrected chi connectivity index (χ3v) is 4.92. The summed E-state index contributed by atoms with van der Waals surface area (Å²) >= 11 is 5.73. The van der Waals surface area contributed by atoms with Gasteiger partial charge in [-0.05, 0) is 62.4 Å². The van der Waals surface area contributed by atoms with Gasteiger partial charge >= 0.3 is 0 Å². The van der Waals surface area contributed by atoms with Gasteiger partial charge in [0.2, 0.25) is 4.77 Å². The largest absolute Gasteiger partial charge is 0.507 e. The SMILES string of the molecule is Oc1ccccc1-c1nn(CN2CCCC2)c(=S)n1-c1ccccc1. The van der Waals surface area contributed by atoms with E-state index < -0.39 is 0 Å². The molecule has 1 N–H and O–H groups in total. The molecule has 1 aliphatic heterocycles. The number of para-hydroxylation sites is 2. The van der Waals surface area contributed by atoms with Gasteiger partial charge in [0, 0.05) is 5.69 Å². The Bertz CT molecular complexity index is 926. The average Bonchev–Trinajstić information content (AvgIpc) is 3.25. The van der Waals surface area contributed by atoms with Gasteiger partial charge in [-0.3, -0.25) is 9.47 Å². The summed E-state index contributed by atoms with van der Waals surface area (Å²) < 4.78 is 4.42. The van der Waals surface area contributed by atoms with E-state index in [1.165, 1.54) is 12.8 Å². The minimum absolute atomic E-state index is 0.202. The van der Waals surface area contributed by atoms with E-state index in [0.717, 1.165) is 18.8 Å². The van der Waals surface area contributed by atoms with Crippen LogP contribution in [0.2, 0.25) is 0 Å². The van der Waals surface area contributed by atoms with Crippen LogP contribution in [-0.2, 0) is 6.67 Å². The minimum atomic E-state index is 0.202. The normalized spacial score (nSPS) is 14.9. The molecule has 25 heavy (non-hydrogen) atoms. The van der Waals surface area contributed by atoms with Gasteiger partial charge in [0.15, 0.2) is 5.82 Å². The molecule has 4 rings (SSSR count). The van der Waals surface area contributed by atoms with E-state index in [0.29, 0.717) is 22.8 Å². The summed E-state index contributed by atoms with van der Waals surface area (Å²) in [5.41, 5.74) is 1.62. The number of hydrogen-bond acceptors (Lipinski definition) is 4. The minimum Gasteiger partial charge on any atom is -0.507 e. The number of nitrogens with zero attached hydrogens (tertiary/aromatic N) is 4. The monoisotopic (exact) mass is 352 g/mol. The highest BCUT2D eigenvalue weighted by Gasteiger charge is 2.19. The van der Waals surface area contributed by atoms with Crippen molar-refractivity contribution in [1.29, 1.82) is 0 Å². The van der Waals surface area contributed by atoms with Crippen molar-refractivity contribution in [2.45, 2.75) is 19.5 Å². The van der Waals surface area contributed by atoms with Crippen LogP contribution < -0.4 is 0 Å². The van der Waals surface area contributed by atoms with Crippen molar-refractivity contribution >= 4 is 12.2 Å². The number of likely N-dealkylation sites (tertiary alicyclic amines) is 1. The first-order chi connectivity index (χ1) is 12.2. The standard InChI is InChI=1S/C19H20N4OS/c24-17-11-5-4-10-16(17)18-20-22(14-21-12-6-7-13-21)19(25)23(18)15-8-2-1-3-9-15/h1-5,8-11,24H,6-7,12-14H2. The molecule has 0 bridgehead atoms. The van der Waals surface area contributed by atoms with Gasteiger partial charge in [0.25, 0.3) is 0 Å². The van der Waals surface area contributed by atoms with E-state index in [9.17, 15) is 5.11 Å². The van der Waals surface area contributed by atoms with Crippen LogP contribution in [0.3, 0.4) is 0 Å². The third-order valence-electron chi connectivity index (χ3n) is 4.53. The molecule has 5 nitrogen and oxygen atoms in total. The smallest absolute Gasteiger partial charge is 0.204 e. The predicted octanol–water partition coefficient (Wildman–Crippen LogP) is 3.83. The van der Waals surface area contributed by atoms with E-state index in [1.54, 1.807) is 6.07 Å². The second kappa shape index (κ2) is 6.82. The number of phenolic OH excluding ortho intramolecular Hbond substituents is 1. The molecule has 0 unspecified atom stereocenters. The molecule has 2 heterocycles. The molecule has 0 saturated carbocycles. The lowest BCUT2D eigenvalue weighted by Gasteiger charge is -2.13. The van der Waals surface area contributed by atoms with Crippen molar-refractivity contribution in [1.82, 2.24) is 19.2 Å². The Morgan fingerprint density at radius 3 is 2.36 bits per heavy atom. The Labute approximate surface area is 151 Å². The van der Waals surface area contributed by atoms with Crippen LogP contribution in [0.15, 0.2) is 54.6 Å². The number of aromatic nitrogens is 3. The van der Waals surface area contributed by atoms with Crippen LogP contribution >= 0.6 is 12.2 Å². The van der Waals surface area contributed by atoms with E-state index in [1.807, 2.05) is 57.8 Å². The molecule has 3 aromatic rings. The highest BCUT2D eigenvalue weighted by Crippen LogP contribution is 2.30. The summed E-state index contributed by atoms with van der Waals surface area (Å²) in [5, 5.41) is 15.1. The molecule has 6 heteroatoms. The quantitative estimate of drug-likeness (QED) is 0.725. The van der Waals surface area contributed by atoms with Gasteiger partial charge in [0.05, 0.1) is 12.2 Å². The average molecular weight is 352 g/mol. The lowest BCUT2D eigenvalue weighted by atomic mass is 10.2. The molecule has 2 aromatic carbocycles. The first-order valence-electron chi connectivity index (χ1n) is 8.50. The maximum absolute atomic E-state index is 10.3. The Hall–Kier alpha value is -2.44. The van der Waals surface area contributed by atoms with Crippen molar-refractivity contribution in [2.75, 3.05) is 13.1 Å². The fourth-order valence-corrected chi connectivity index (χ4v) is 3.55. The van der Waals surface area contributed by atoms with Gasteiger partial charge in [-0.15, -0.1) is 5.10 Å². The molecule has 0 spiro atoms. The second-order valence-corrected chi connectivity index (χ2v) is 6.63. The molecule has 0 amide bonds. The van der Waals surface area contributed by atoms with Gasteiger partial charge in [-0.1, -0.05) is 30.3 Å². The van der Waals surface area contributed by atoms with E-state index in [-0.39, 0.29) is 5.75 Å². The lowest BCUT2D eigenvalue weighted by molar-refractivity contribution is 0.253. The number of phenols is 1. The highest BCUT2D eigenvalue weighted by molar-refractivity contribution is 7.71. The zero-order valence-corrected chi connectivity index (χ0v) is 14.7. The Morgan fingerprint density at radius 2 is 1.64 bits per heavy atom. The molecular weight excluding hydrogens is 332 g/mol. The van der Waals surface area contributed by atoms with Crippen molar-refractivity contribution in [3.8, 4) is 22.8 Å². The summed E-state index contributed by atoms with van der Waals surface area (Å²) in [6, 6.07) is 17.2. The van der Waals surface area contributed by atoms with E-state index >= 15 is 0 Å². The van der Waals surface area contributed by atoms with Crippen LogP contribution in [0.4, 0.5) is 0 Å². The fraction of sp³-hybridized carbons (Fsp3) is 0.263. The second-order valence-electron chi connectivity index (χ2n) is 6.26. The first-order valence-corrected chi connectivity index (χ1v) is 8.91. The van der Waals surface area contributed by atoms with Crippen molar-refractivity contribution in [2.24, 2.45) is 0 Å². The van der Waals surface area contributed by atoms with Crippen LogP contribution in [0, 0.1) is 4.77 Å². The van der Waals surface area contributed by atoms with E-state index in [4.69, 9.17) is 17.3 Å². The number of rotatable bonds is 4. The lowest BCUT2D eigenvalue weighted by Crippen LogP contribution is -2.23. The predicted molar refractivity (Wildman–Crippen MR) is 100 cm³/mol. The summed E-state index contributed by atoms with van der Waals surface area (Å²) in [7, 11) is 0. The van der Waals surface area contributed by atoms with Crippen molar-refractivity contribution in [3.63, 3.8) is 0 Å². The van der Waals surface area contributed by atoms with Crippen LogP contribution in [-0.4, -0.2) is 37.4 Å². The van der Waals surface area contributed by atoms with Crippen LogP contribution in [0.25, 0.3) is 17.1 Å². The Balaban J connectivity index is 1.86. The van der Waals surface area contributed by atoms with Crippen LogP contribution in [0.5, 0.6) is 5.75 Å². The molecule has 128 valence electrons. The van der Waals surface area contributed by atoms with Gasteiger partial charge < -0.3 is 5.11 Å². The molecule has 1 fully saturated rings. The first kappa shape index (κ1) is 16.1. The summed E-state index contributed by atoms with van der Waals surface area (Å²) in [4.78, 5) is 2.35. The molecule has 1 aliphatic rings. The van der Waals surface area contributed by atoms with Crippen molar-refractivity contribution < 1.29 is 5.11 Å². The molecule has 1 saturated heterocycles. The topological polar surface area (TPSA) is 46.2 Å². The molecule has 0 aliphatic carbocycles. The van der Waals surface area contributed by atoms with Gasteiger partial charge in [-0.2, -0.15) is 0 Å². The fourth-order valence-electron chi connectivity index (χ4n) is 3.26. The highest BCUT2D eigenvalue weighted by atomic mass is 32.1. The zero-order chi connectivity index (χ0) is 17.2. The maximum atomic E-state index is 10.3. The molecule has 0 atom stereocenters. The number of hydrogen-bond donors (Lipinski definition) is 1. The summed E-state index contributed by atoms with van der Waals surface area (Å²) in [6.45, 7) is 2.83. The third kappa shape index (κ3) is 3.10. The van der Waals surface area contributed by atoms with Gasteiger partial charge in [-0.25, -0.2) is 4.68 Å². The summed E-state index contributed by atoms with van der Waals surface area (Å²) in [5.74, 6) is 0.863. The zero-order valence-electron chi connectivity index (χ0n) is 13.9. The number of benzene rings is 2. The Morgan fingerprint density at radius 1 is 0.960 bits per heavy atom. The maximum Gasteiger partial charge on any atom is 0.204 e. The van der Waals surface area contributed by atoms with Gasteiger partial charge in [0.1, 0.15) is 5.75 Å². The molecule has 1 aromatic heterocycles. The van der Waals surface area contributed by atoms with Crippen LogP contribution in [0.1, 0.15) is 12.8 Å². The molecular formula is C19H20N4OS.